The molecule has 0 bridgehead atoms. The monoisotopic (exact) mass is 532 g/mol. The highest BCUT2D eigenvalue weighted by molar-refractivity contribution is 6.46. The number of amides is 1. The minimum Gasteiger partial charge on any atom is -0.370 e. The van der Waals surface area contributed by atoms with Crippen LogP contribution in [0.1, 0.15) is 53.3 Å². The summed E-state index contributed by atoms with van der Waals surface area (Å²) in [6.45, 7) is 1.40. The smallest absolute Gasteiger partial charge is 0.255 e. The minimum absolute atomic E-state index is 0.0559. The van der Waals surface area contributed by atoms with Gasteiger partial charge >= 0.3 is 0 Å². The second-order valence-corrected chi connectivity index (χ2v) is 9.08. The van der Waals surface area contributed by atoms with Gasteiger partial charge in [-0.05, 0) is 53.9 Å². The fraction of sp³-hybridized carbons (Fsp3) is 0.241. The molecule has 0 saturated carbocycles. The molecule has 39 heavy (non-hydrogen) atoms. The lowest BCUT2D eigenvalue weighted by Gasteiger charge is -2.14. The Kier molecular flexibility index (Phi) is 9.75. The van der Waals surface area contributed by atoms with Gasteiger partial charge in [0, 0.05) is 31.4 Å². The molecule has 0 aliphatic heterocycles. The zero-order valence-electron chi connectivity index (χ0n) is 21.4. The summed E-state index contributed by atoms with van der Waals surface area (Å²) in [6, 6.07) is 15.6. The van der Waals surface area contributed by atoms with Crippen molar-refractivity contribution in [3.63, 3.8) is 0 Å². The molecule has 1 atom stereocenters. The molecule has 9 nitrogen and oxygen atoms in total. The van der Waals surface area contributed by atoms with Crippen LogP contribution in [-0.4, -0.2) is 41.5 Å². The minimum atomic E-state index is -1.08. The van der Waals surface area contributed by atoms with E-state index in [4.69, 9.17) is 11.5 Å². The number of nitrogens with two attached hydrogens (primary N) is 2. The molecule has 0 spiro atoms. The molecular weight excluding hydrogens is 503 g/mol. The maximum atomic E-state index is 14.1. The van der Waals surface area contributed by atoms with Crippen LogP contribution in [0.4, 0.5) is 10.1 Å². The van der Waals surface area contributed by atoms with Crippen molar-refractivity contribution in [2.24, 2.45) is 22.4 Å². The van der Waals surface area contributed by atoms with Gasteiger partial charge in [-0.3, -0.25) is 29.0 Å². The number of halogens is 1. The molecule has 0 aliphatic carbocycles. The third-order valence-corrected chi connectivity index (χ3v) is 6.14. The Morgan fingerprint density at radius 1 is 0.923 bits per heavy atom. The van der Waals surface area contributed by atoms with Crippen LogP contribution in [0.2, 0.25) is 0 Å². The van der Waals surface area contributed by atoms with E-state index in [1.165, 1.54) is 6.07 Å². The molecule has 1 amide bonds. The maximum Gasteiger partial charge on any atom is 0.255 e. The molecule has 0 aromatic heterocycles. The number of anilines is 1. The molecule has 0 radical (unpaired) electrons. The summed E-state index contributed by atoms with van der Waals surface area (Å²) in [5, 5.41) is 4.34. The van der Waals surface area contributed by atoms with Crippen LogP contribution in [0.5, 0.6) is 0 Å². The highest BCUT2D eigenvalue weighted by Gasteiger charge is 2.29. The molecule has 1 unspecified atom stereocenters. The molecule has 0 saturated heterocycles. The molecule has 0 fully saturated rings. The average Bonchev–Trinajstić information content (AvgIpc) is 2.91. The van der Waals surface area contributed by atoms with Crippen molar-refractivity contribution >= 4 is 51.5 Å². The molecular formula is C29H29FN4O5. The van der Waals surface area contributed by atoms with Gasteiger partial charge in [-0.1, -0.05) is 36.8 Å². The lowest BCUT2D eigenvalue weighted by molar-refractivity contribution is -0.138. The van der Waals surface area contributed by atoms with E-state index in [9.17, 15) is 28.4 Å². The standard InChI is InChI=1S/C29H29FN4O5/c1-17(35)26(37)20(8-4-5-13-33-29(31)32)15-25(36)27(38)23-16-22(30)11-12-24(23)34-28(39)21-10-9-18-6-2-3-7-19(18)14-21/h2-3,6-7,9-12,14,16,20H,4-5,8,13,15H2,1H3,(H,34,39)(H4,31,32,33). The van der Waals surface area contributed by atoms with Crippen LogP contribution in [-0.2, 0) is 14.4 Å². The fourth-order valence-electron chi connectivity index (χ4n) is 4.13. The summed E-state index contributed by atoms with van der Waals surface area (Å²) < 4.78 is 14.1. The number of fused-ring (bicyclic) bond motifs is 1. The number of Topliss-reactive ketones (excluding diaryl/α,β-unsaturated/α-hetero) is 4. The van der Waals surface area contributed by atoms with Crippen molar-refractivity contribution in [1.82, 2.24) is 0 Å². The van der Waals surface area contributed by atoms with E-state index >= 15 is 0 Å². The van der Waals surface area contributed by atoms with E-state index in [0.29, 0.717) is 24.9 Å². The number of ketones is 4. The summed E-state index contributed by atoms with van der Waals surface area (Å²) in [5.41, 5.74) is 10.5. The third-order valence-electron chi connectivity index (χ3n) is 6.14. The number of unbranched alkanes of at least 4 members (excludes halogenated alkanes) is 1. The van der Waals surface area contributed by atoms with E-state index in [1.807, 2.05) is 24.3 Å². The van der Waals surface area contributed by atoms with Gasteiger partial charge in [0.05, 0.1) is 11.3 Å². The number of carbonyl (C=O) groups is 5. The first-order valence-corrected chi connectivity index (χ1v) is 12.3. The SMILES string of the molecule is CC(=O)C(=O)C(CCCCN=C(N)N)CC(=O)C(=O)c1cc(F)ccc1NC(=O)c1ccc2ccccc2c1. The molecule has 10 heteroatoms. The van der Waals surface area contributed by atoms with Crippen LogP contribution < -0.4 is 16.8 Å². The normalized spacial score (nSPS) is 11.4. The van der Waals surface area contributed by atoms with Crippen molar-refractivity contribution in [1.29, 1.82) is 0 Å². The van der Waals surface area contributed by atoms with Crippen molar-refractivity contribution in [2.75, 3.05) is 11.9 Å². The summed E-state index contributed by atoms with van der Waals surface area (Å²) >= 11 is 0. The molecule has 5 N–H and O–H groups in total. The van der Waals surface area contributed by atoms with Gasteiger partial charge in [0.15, 0.2) is 11.7 Å². The van der Waals surface area contributed by atoms with Crippen molar-refractivity contribution in [2.45, 2.75) is 32.6 Å². The topological polar surface area (TPSA) is 162 Å². The highest BCUT2D eigenvalue weighted by atomic mass is 19.1. The number of hydrogen-bond acceptors (Lipinski definition) is 6. The zero-order chi connectivity index (χ0) is 28.5. The Morgan fingerprint density at radius 2 is 1.64 bits per heavy atom. The average molecular weight is 533 g/mol. The largest absolute Gasteiger partial charge is 0.370 e. The number of aliphatic imine (C=N–C) groups is 1. The van der Waals surface area contributed by atoms with Gasteiger partial charge in [-0.15, -0.1) is 0 Å². The highest BCUT2D eigenvalue weighted by Crippen LogP contribution is 2.23. The van der Waals surface area contributed by atoms with Crippen LogP contribution in [0.15, 0.2) is 65.7 Å². The Hall–Kier alpha value is -4.73. The van der Waals surface area contributed by atoms with Gasteiger partial charge in [0.1, 0.15) is 5.82 Å². The molecule has 0 aliphatic rings. The summed E-state index contributed by atoms with van der Waals surface area (Å²) in [5.74, 6) is -6.02. The maximum absolute atomic E-state index is 14.1. The lowest BCUT2D eigenvalue weighted by atomic mass is 9.88. The van der Waals surface area contributed by atoms with E-state index in [2.05, 4.69) is 10.3 Å². The number of guanidine groups is 1. The Bertz CT molecular complexity index is 1460. The molecule has 3 aromatic carbocycles. The van der Waals surface area contributed by atoms with Crippen LogP contribution in [0.25, 0.3) is 10.8 Å². The van der Waals surface area contributed by atoms with E-state index in [0.717, 1.165) is 29.8 Å². The first-order chi connectivity index (χ1) is 18.6. The van der Waals surface area contributed by atoms with Crippen molar-refractivity contribution in [3.8, 4) is 0 Å². The van der Waals surface area contributed by atoms with E-state index in [1.54, 1.807) is 18.2 Å². The number of nitrogens with one attached hydrogen (secondary N) is 1. The van der Waals surface area contributed by atoms with Crippen LogP contribution >= 0.6 is 0 Å². The first-order valence-electron chi connectivity index (χ1n) is 12.3. The molecule has 3 aromatic rings. The van der Waals surface area contributed by atoms with Crippen LogP contribution in [0.3, 0.4) is 0 Å². The predicted octanol–water partition coefficient (Wildman–Crippen LogP) is 3.59. The Balaban J connectivity index is 1.77. The first kappa shape index (κ1) is 28.8. The Labute approximate surface area is 224 Å². The lowest BCUT2D eigenvalue weighted by Crippen LogP contribution is -2.28. The van der Waals surface area contributed by atoms with Gasteiger partial charge in [-0.2, -0.15) is 0 Å². The van der Waals surface area contributed by atoms with Gasteiger partial charge in [0.25, 0.3) is 5.91 Å². The molecule has 0 heterocycles. The van der Waals surface area contributed by atoms with Crippen molar-refractivity contribution in [3.05, 3.63) is 77.6 Å². The number of hydrogen-bond donors (Lipinski definition) is 3. The zero-order valence-corrected chi connectivity index (χ0v) is 21.4. The van der Waals surface area contributed by atoms with Gasteiger partial charge in [-0.25, -0.2) is 4.39 Å². The number of nitrogens with zero attached hydrogens (tertiary/aromatic N) is 1. The summed E-state index contributed by atoms with van der Waals surface area (Å²) in [7, 11) is 0. The van der Waals surface area contributed by atoms with Crippen molar-refractivity contribution < 1.29 is 28.4 Å². The number of rotatable bonds is 13. The summed E-state index contributed by atoms with van der Waals surface area (Å²) in [4.78, 5) is 66.9. The fourth-order valence-corrected chi connectivity index (χ4v) is 4.13. The second kappa shape index (κ2) is 13.2. The second-order valence-electron chi connectivity index (χ2n) is 9.08. The molecule has 202 valence electrons. The van der Waals surface area contributed by atoms with E-state index < -0.39 is 47.2 Å². The quantitative estimate of drug-likeness (QED) is 0.0996. The summed E-state index contributed by atoms with van der Waals surface area (Å²) in [6.07, 6.45) is 0.547. The number of carbonyl (C=O) groups excluding carboxylic acids is 5. The van der Waals surface area contributed by atoms with E-state index in [-0.39, 0.29) is 23.6 Å². The Morgan fingerprint density at radius 3 is 2.33 bits per heavy atom. The third kappa shape index (κ3) is 7.88. The molecule has 3 rings (SSSR count). The number of benzene rings is 3. The van der Waals surface area contributed by atoms with Crippen LogP contribution in [0, 0.1) is 11.7 Å². The predicted molar refractivity (Wildman–Crippen MR) is 146 cm³/mol. The van der Waals surface area contributed by atoms with Gasteiger partial charge in [0.2, 0.25) is 17.3 Å². The van der Waals surface area contributed by atoms with Gasteiger partial charge < -0.3 is 16.8 Å².